The van der Waals surface area contributed by atoms with Crippen LogP contribution in [0.4, 0.5) is 0 Å². The molecule has 0 radical (unpaired) electrons. The molecule has 0 aliphatic rings. The van der Waals surface area contributed by atoms with Gasteiger partial charge in [0.25, 0.3) is 0 Å². The van der Waals surface area contributed by atoms with Gasteiger partial charge in [-0.25, -0.2) is 25.3 Å². The highest BCUT2D eigenvalue weighted by Crippen LogP contribution is 2.30. The summed E-state index contributed by atoms with van der Waals surface area (Å²) in [6.45, 7) is 0.902. The Morgan fingerprint density at radius 1 is 0.364 bits per heavy atom. The van der Waals surface area contributed by atoms with Gasteiger partial charge in [-0.05, 0) is 139 Å². The molecule has 0 spiro atoms. The number of hydrogen-bond donors (Lipinski definition) is 0. The van der Waals surface area contributed by atoms with E-state index < -0.39 is 29.5 Å². The highest BCUT2D eigenvalue weighted by atomic mass is 32.2. The third-order valence-electron chi connectivity index (χ3n) is 8.34. The first-order valence-electron chi connectivity index (χ1n) is 16.7. The van der Waals surface area contributed by atoms with Crippen LogP contribution in [0, 0.1) is 0 Å². The lowest BCUT2D eigenvalue weighted by Crippen LogP contribution is -2.05. The van der Waals surface area contributed by atoms with Gasteiger partial charge in [0.05, 0.1) is 43.1 Å². The molecule has 0 saturated carbocycles. The number of rotatable bonds is 16. The van der Waals surface area contributed by atoms with Gasteiger partial charge in [0.1, 0.15) is 42.0 Å². The SMILES string of the molecule is COCCOc1ccc(S(=O)(=O)c2ccc(COc3ccc(S(=O)(=O)c4ccc(Oc5ccc(S(=O)(=O)c6ccc(OC)cc6)cc5)cc4)cc3)cc2)cc1. The molecule has 0 bridgehead atoms. The summed E-state index contributed by atoms with van der Waals surface area (Å²) in [4.78, 5) is 0.602. The molecule has 0 saturated heterocycles. The average molecular weight is 801 g/mol. The molecule has 6 aromatic rings. The minimum atomic E-state index is -3.87. The van der Waals surface area contributed by atoms with Crippen LogP contribution in [0.1, 0.15) is 5.56 Å². The maximum absolute atomic E-state index is 13.4. The summed E-state index contributed by atoms with van der Waals surface area (Å²) in [6, 6.07) is 36.4. The van der Waals surface area contributed by atoms with Crippen LogP contribution in [0.15, 0.2) is 175 Å². The van der Waals surface area contributed by atoms with Crippen LogP contribution in [-0.2, 0) is 40.9 Å². The van der Waals surface area contributed by atoms with Crippen molar-refractivity contribution in [3.63, 3.8) is 0 Å². The number of methoxy groups -OCH3 is 2. The Labute approximate surface area is 320 Å². The molecule has 0 fully saturated rings. The van der Waals surface area contributed by atoms with E-state index in [1.807, 2.05) is 0 Å². The van der Waals surface area contributed by atoms with E-state index in [1.54, 1.807) is 55.6 Å². The van der Waals surface area contributed by atoms with Gasteiger partial charge in [-0.2, -0.15) is 0 Å². The molecular weight excluding hydrogens is 765 g/mol. The molecule has 0 unspecified atom stereocenters. The third-order valence-corrected chi connectivity index (χ3v) is 13.7. The van der Waals surface area contributed by atoms with E-state index in [9.17, 15) is 25.3 Å². The molecule has 284 valence electrons. The molecule has 11 nitrogen and oxygen atoms in total. The van der Waals surface area contributed by atoms with E-state index in [4.69, 9.17) is 23.7 Å². The molecule has 55 heavy (non-hydrogen) atoms. The normalized spacial score (nSPS) is 11.8. The van der Waals surface area contributed by atoms with Crippen molar-refractivity contribution in [1.82, 2.24) is 0 Å². The molecule has 0 heterocycles. The van der Waals surface area contributed by atoms with Gasteiger partial charge in [-0.3, -0.25) is 0 Å². The van der Waals surface area contributed by atoms with E-state index in [0.29, 0.717) is 42.0 Å². The van der Waals surface area contributed by atoms with E-state index >= 15 is 0 Å². The number of ether oxygens (including phenoxy) is 5. The van der Waals surface area contributed by atoms with Gasteiger partial charge in [-0.15, -0.1) is 0 Å². The molecule has 6 aromatic carbocycles. The van der Waals surface area contributed by atoms with Crippen LogP contribution in [0.5, 0.6) is 28.7 Å². The fourth-order valence-corrected chi connectivity index (χ4v) is 9.06. The Morgan fingerprint density at radius 3 is 1.02 bits per heavy atom. The zero-order valence-electron chi connectivity index (χ0n) is 29.7. The minimum Gasteiger partial charge on any atom is -0.497 e. The summed E-state index contributed by atoms with van der Waals surface area (Å²) in [7, 11) is -8.29. The minimum absolute atomic E-state index is 0.0517. The van der Waals surface area contributed by atoms with Crippen LogP contribution in [-0.4, -0.2) is 52.7 Å². The maximum Gasteiger partial charge on any atom is 0.206 e. The van der Waals surface area contributed by atoms with Gasteiger partial charge >= 0.3 is 0 Å². The topological polar surface area (TPSA) is 149 Å². The Hall–Kier alpha value is -5.67. The van der Waals surface area contributed by atoms with Crippen molar-refractivity contribution in [2.45, 2.75) is 36.0 Å². The van der Waals surface area contributed by atoms with Crippen LogP contribution < -0.4 is 18.9 Å². The fraction of sp³-hybridized carbons (Fsp3) is 0.122. The van der Waals surface area contributed by atoms with Crippen LogP contribution in [0.3, 0.4) is 0 Å². The Bertz CT molecular complexity index is 2540. The third kappa shape index (κ3) is 9.18. The quantitative estimate of drug-likeness (QED) is 0.0892. The number of hydrogen-bond acceptors (Lipinski definition) is 11. The van der Waals surface area contributed by atoms with Crippen molar-refractivity contribution < 1.29 is 48.9 Å². The first-order chi connectivity index (χ1) is 26.4. The lowest BCUT2D eigenvalue weighted by atomic mass is 10.2. The van der Waals surface area contributed by atoms with Crippen LogP contribution in [0.25, 0.3) is 0 Å². The summed E-state index contributed by atoms with van der Waals surface area (Å²) < 4.78 is 106. The highest BCUT2D eigenvalue weighted by molar-refractivity contribution is 7.92. The van der Waals surface area contributed by atoms with E-state index in [2.05, 4.69) is 0 Å². The maximum atomic E-state index is 13.4. The molecule has 0 aliphatic heterocycles. The summed E-state index contributed by atoms with van der Waals surface area (Å²) in [5.74, 6) is 2.24. The van der Waals surface area contributed by atoms with Crippen molar-refractivity contribution >= 4 is 29.5 Å². The zero-order valence-corrected chi connectivity index (χ0v) is 32.1. The number of sulfone groups is 3. The second-order valence-corrected chi connectivity index (χ2v) is 17.8. The standard InChI is InChI=1S/C41H36O11S3/c1-48-27-28-50-32-7-19-38(20-8-32)53(42,43)36-15-3-30(4-16-36)29-51-33-9-21-39(22-10-33)55(46,47)41-25-13-35(14-26-41)52-34-11-23-40(24-12-34)54(44,45)37-17-5-31(49-2)6-18-37/h3-26H,27-29H2,1-2H3. The second kappa shape index (κ2) is 16.8. The van der Waals surface area contributed by atoms with Gasteiger partial charge in [0.2, 0.25) is 29.5 Å². The second-order valence-electron chi connectivity index (χ2n) is 11.9. The summed E-state index contributed by atoms with van der Waals surface area (Å²) in [5, 5.41) is 0. The van der Waals surface area contributed by atoms with Crippen molar-refractivity contribution in [3.05, 3.63) is 151 Å². The molecule has 0 amide bonds. The predicted octanol–water partition coefficient (Wildman–Crippen LogP) is 7.59. The molecular formula is C41H36O11S3. The molecule has 0 N–H and O–H groups in total. The van der Waals surface area contributed by atoms with E-state index in [-0.39, 0.29) is 36.0 Å². The molecule has 0 aliphatic carbocycles. The van der Waals surface area contributed by atoms with Gasteiger partial charge in [0, 0.05) is 7.11 Å². The largest absolute Gasteiger partial charge is 0.497 e. The first kappa shape index (κ1) is 39.0. The lowest BCUT2D eigenvalue weighted by molar-refractivity contribution is 0.146. The molecule has 14 heteroatoms. The van der Waals surface area contributed by atoms with Crippen molar-refractivity contribution in [1.29, 1.82) is 0 Å². The van der Waals surface area contributed by atoms with Crippen molar-refractivity contribution in [2.75, 3.05) is 27.4 Å². The molecule has 0 aromatic heterocycles. The predicted molar refractivity (Wildman–Crippen MR) is 203 cm³/mol. The lowest BCUT2D eigenvalue weighted by Gasteiger charge is -2.11. The Balaban J connectivity index is 1.03. The smallest absolute Gasteiger partial charge is 0.206 e. The molecule has 0 atom stereocenters. The first-order valence-corrected chi connectivity index (χ1v) is 21.2. The van der Waals surface area contributed by atoms with Crippen LogP contribution in [0.2, 0.25) is 0 Å². The Kier molecular flexibility index (Phi) is 11.9. The highest BCUT2D eigenvalue weighted by Gasteiger charge is 2.20. The monoisotopic (exact) mass is 800 g/mol. The number of benzene rings is 6. The fourth-order valence-electron chi connectivity index (χ4n) is 5.28. The van der Waals surface area contributed by atoms with Crippen LogP contribution >= 0.6 is 0 Å². The zero-order chi connectivity index (χ0) is 39.1. The van der Waals surface area contributed by atoms with Crippen molar-refractivity contribution in [3.8, 4) is 28.7 Å². The summed E-state index contributed by atoms with van der Waals surface area (Å²) in [6.07, 6.45) is 0. The van der Waals surface area contributed by atoms with Gasteiger partial charge in [0.15, 0.2) is 0 Å². The van der Waals surface area contributed by atoms with Gasteiger partial charge < -0.3 is 23.7 Å². The van der Waals surface area contributed by atoms with Crippen molar-refractivity contribution in [2.24, 2.45) is 0 Å². The summed E-state index contributed by atoms with van der Waals surface area (Å²) in [5.41, 5.74) is 0.717. The van der Waals surface area contributed by atoms with E-state index in [0.717, 1.165) is 5.56 Å². The van der Waals surface area contributed by atoms with Gasteiger partial charge in [-0.1, -0.05) is 12.1 Å². The Morgan fingerprint density at radius 2 is 0.673 bits per heavy atom. The summed E-state index contributed by atoms with van der Waals surface area (Å²) >= 11 is 0. The average Bonchev–Trinajstić information content (AvgIpc) is 3.21. The molecule has 6 rings (SSSR count). The van der Waals surface area contributed by atoms with E-state index in [1.165, 1.54) is 104 Å².